The maximum Gasteiger partial charge on any atom is 0.315 e. The van der Waals surface area contributed by atoms with Crippen LogP contribution in [-0.2, 0) is 9.53 Å². The Morgan fingerprint density at radius 3 is 2.58 bits per heavy atom. The normalized spacial score (nSPS) is 23.0. The molecule has 2 N–H and O–H groups in total. The number of methoxy groups -OCH3 is 1. The SMILES string of the molecule is COC(=O)C1c2[nH]c3ccccc3c2C(O)CC1c1ccccc1. The molecule has 3 aromatic rings. The summed E-state index contributed by atoms with van der Waals surface area (Å²) in [5, 5.41) is 11.8. The van der Waals surface area contributed by atoms with E-state index in [4.69, 9.17) is 4.74 Å². The molecule has 0 fully saturated rings. The molecule has 3 atom stereocenters. The average Bonchev–Trinajstić information content (AvgIpc) is 3.01. The van der Waals surface area contributed by atoms with Crippen LogP contribution in [0.4, 0.5) is 0 Å². The third kappa shape index (κ3) is 2.22. The lowest BCUT2D eigenvalue weighted by atomic mass is 9.73. The van der Waals surface area contributed by atoms with Crippen molar-refractivity contribution in [1.82, 2.24) is 4.98 Å². The number of nitrogens with one attached hydrogen (secondary N) is 1. The number of ether oxygens (including phenoxy) is 1. The van der Waals surface area contributed by atoms with Crippen molar-refractivity contribution in [1.29, 1.82) is 0 Å². The van der Waals surface area contributed by atoms with Crippen LogP contribution in [0.5, 0.6) is 0 Å². The highest BCUT2D eigenvalue weighted by Crippen LogP contribution is 2.49. The van der Waals surface area contributed by atoms with Gasteiger partial charge >= 0.3 is 5.97 Å². The van der Waals surface area contributed by atoms with Crippen LogP contribution in [0.25, 0.3) is 10.9 Å². The third-order valence-electron chi connectivity index (χ3n) is 4.98. The first-order valence-corrected chi connectivity index (χ1v) is 8.12. The number of aliphatic hydroxyl groups excluding tert-OH is 1. The summed E-state index contributed by atoms with van der Waals surface area (Å²) in [5.41, 5.74) is 3.57. The predicted octanol–water partition coefficient (Wildman–Crippen LogP) is 3.65. The smallest absolute Gasteiger partial charge is 0.315 e. The lowest BCUT2D eigenvalue weighted by Gasteiger charge is -2.33. The van der Waals surface area contributed by atoms with Gasteiger partial charge in [-0.15, -0.1) is 0 Å². The molecule has 1 aliphatic rings. The van der Waals surface area contributed by atoms with Gasteiger partial charge in [-0.2, -0.15) is 0 Å². The number of hydrogen-bond acceptors (Lipinski definition) is 3. The highest BCUT2D eigenvalue weighted by molar-refractivity contribution is 5.89. The molecule has 0 aliphatic heterocycles. The first kappa shape index (κ1) is 15.0. The molecule has 0 saturated heterocycles. The number of benzene rings is 2. The minimum absolute atomic E-state index is 0.116. The van der Waals surface area contributed by atoms with Gasteiger partial charge in [-0.05, 0) is 18.1 Å². The Hall–Kier alpha value is -2.59. The number of carbonyl (C=O) groups is 1. The van der Waals surface area contributed by atoms with E-state index in [1.807, 2.05) is 54.6 Å². The summed E-state index contributed by atoms with van der Waals surface area (Å²) in [7, 11) is 1.41. The fraction of sp³-hybridized carbons (Fsp3) is 0.250. The number of fused-ring (bicyclic) bond motifs is 3. The van der Waals surface area contributed by atoms with Crippen molar-refractivity contribution in [3.05, 3.63) is 71.4 Å². The van der Waals surface area contributed by atoms with Crippen LogP contribution in [0.1, 0.15) is 41.2 Å². The van der Waals surface area contributed by atoms with Gasteiger partial charge in [-0.25, -0.2) is 0 Å². The van der Waals surface area contributed by atoms with Crippen LogP contribution in [-0.4, -0.2) is 23.2 Å². The van der Waals surface area contributed by atoms with E-state index in [2.05, 4.69) is 4.98 Å². The monoisotopic (exact) mass is 321 g/mol. The zero-order chi connectivity index (χ0) is 16.7. The molecule has 0 bridgehead atoms. The Balaban J connectivity index is 1.92. The minimum atomic E-state index is -0.609. The molecule has 2 aromatic carbocycles. The maximum atomic E-state index is 12.6. The molecule has 4 nitrogen and oxygen atoms in total. The molecule has 4 rings (SSSR count). The van der Waals surface area contributed by atoms with Crippen molar-refractivity contribution < 1.29 is 14.6 Å². The second-order valence-corrected chi connectivity index (χ2v) is 6.27. The Bertz CT molecular complexity index is 884. The Morgan fingerprint density at radius 1 is 1.12 bits per heavy atom. The molecule has 0 amide bonds. The fourth-order valence-corrected chi connectivity index (χ4v) is 3.92. The van der Waals surface area contributed by atoms with Crippen LogP contribution in [0.3, 0.4) is 0 Å². The first-order chi connectivity index (χ1) is 11.7. The number of H-pyrrole nitrogens is 1. The molecule has 0 saturated carbocycles. The van der Waals surface area contributed by atoms with E-state index in [-0.39, 0.29) is 11.9 Å². The van der Waals surface area contributed by atoms with Gasteiger partial charge in [0.25, 0.3) is 0 Å². The Morgan fingerprint density at radius 2 is 1.83 bits per heavy atom. The predicted molar refractivity (Wildman–Crippen MR) is 91.8 cm³/mol. The fourth-order valence-electron chi connectivity index (χ4n) is 3.92. The van der Waals surface area contributed by atoms with Crippen molar-refractivity contribution in [3.63, 3.8) is 0 Å². The van der Waals surface area contributed by atoms with Crippen molar-refractivity contribution in [2.45, 2.75) is 24.4 Å². The summed E-state index contributed by atoms with van der Waals surface area (Å²) >= 11 is 0. The van der Waals surface area contributed by atoms with Crippen LogP contribution in [0.15, 0.2) is 54.6 Å². The summed E-state index contributed by atoms with van der Waals surface area (Å²) < 4.78 is 5.09. The van der Waals surface area contributed by atoms with E-state index in [0.717, 1.165) is 27.7 Å². The molecule has 1 heterocycles. The number of aliphatic hydroxyl groups is 1. The van der Waals surface area contributed by atoms with Crippen LogP contribution in [0.2, 0.25) is 0 Å². The van der Waals surface area contributed by atoms with Gasteiger partial charge in [-0.1, -0.05) is 48.5 Å². The summed E-state index contributed by atoms with van der Waals surface area (Å²) in [5.74, 6) is -0.832. The number of rotatable bonds is 2. The lowest BCUT2D eigenvalue weighted by Crippen LogP contribution is -2.29. The molecular weight excluding hydrogens is 302 g/mol. The van der Waals surface area contributed by atoms with Gasteiger partial charge in [-0.3, -0.25) is 4.79 Å². The Labute approximate surface area is 140 Å². The summed E-state index contributed by atoms with van der Waals surface area (Å²) in [6.07, 6.45) is -0.110. The molecule has 122 valence electrons. The van der Waals surface area contributed by atoms with Crippen LogP contribution in [0, 0.1) is 0 Å². The molecular formula is C20H19NO3. The maximum absolute atomic E-state index is 12.6. The summed E-state index contributed by atoms with van der Waals surface area (Å²) in [4.78, 5) is 15.9. The topological polar surface area (TPSA) is 62.3 Å². The molecule has 4 heteroatoms. The number of carbonyl (C=O) groups excluding carboxylic acids is 1. The first-order valence-electron chi connectivity index (χ1n) is 8.12. The van der Waals surface area contributed by atoms with Crippen LogP contribution >= 0.6 is 0 Å². The van der Waals surface area contributed by atoms with Crippen molar-refractivity contribution in [3.8, 4) is 0 Å². The highest BCUT2D eigenvalue weighted by atomic mass is 16.5. The van der Waals surface area contributed by atoms with Gasteiger partial charge in [0.2, 0.25) is 0 Å². The van der Waals surface area contributed by atoms with Crippen molar-refractivity contribution >= 4 is 16.9 Å². The van der Waals surface area contributed by atoms with E-state index in [1.54, 1.807) is 0 Å². The summed E-state index contributed by atoms with van der Waals surface area (Å²) in [6, 6.07) is 17.7. The largest absolute Gasteiger partial charge is 0.468 e. The molecule has 1 aromatic heterocycles. The van der Waals surface area contributed by atoms with Gasteiger partial charge < -0.3 is 14.8 Å². The number of aromatic nitrogens is 1. The zero-order valence-corrected chi connectivity index (χ0v) is 13.4. The van der Waals surface area contributed by atoms with E-state index in [9.17, 15) is 9.90 Å². The number of esters is 1. The van der Waals surface area contributed by atoms with Crippen LogP contribution < -0.4 is 0 Å². The minimum Gasteiger partial charge on any atom is -0.468 e. The molecule has 1 aliphatic carbocycles. The summed E-state index contributed by atoms with van der Waals surface area (Å²) in [6.45, 7) is 0. The molecule has 3 unspecified atom stereocenters. The van der Waals surface area contributed by atoms with Gasteiger partial charge in [0.1, 0.15) is 5.92 Å². The van der Waals surface area contributed by atoms with Crippen molar-refractivity contribution in [2.24, 2.45) is 0 Å². The highest BCUT2D eigenvalue weighted by Gasteiger charge is 2.42. The standard InChI is InChI=1S/C20H19NO3/c1-24-20(23)18-14(12-7-3-2-4-8-12)11-16(22)17-13-9-5-6-10-15(13)21-19(17)18/h2-10,14,16,18,21-22H,11H2,1H3. The third-order valence-corrected chi connectivity index (χ3v) is 4.98. The van der Waals surface area contributed by atoms with E-state index < -0.39 is 12.0 Å². The van der Waals surface area contributed by atoms with E-state index >= 15 is 0 Å². The second-order valence-electron chi connectivity index (χ2n) is 6.27. The average molecular weight is 321 g/mol. The van der Waals surface area contributed by atoms with Crippen molar-refractivity contribution in [2.75, 3.05) is 7.11 Å². The number of para-hydroxylation sites is 1. The molecule has 24 heavy (non-hydrogen) atoms. The quantitative estimate of drug-likeness (QED) is 0.708. The van der Waals surface area contributed by atoms with E-state index in [0.29, 0.717) is 6.42 Å². The molecule has 0 radical (unpaired) electrons. The number of hydrogen-bond donors (Lipinski definition) is 2. The number of aromatic amines is 1. The van der Waals surface area contributed by atoms with Gasteiger partial charge in [0, 0.05) is 28.1 Å². The van der Waals surface area contributed by atoms with Gasteiger partial charge in [0.15, 0.2) is 0 Å². The Kier molecular flexibility index (Phi) is 3.62. The van der Waals surface area contributed by atoms with Gasteiger partial charge in [0.05, 0.1) is 13.2 Å². The van der Waals surface area contributed by atoms with E-state index in [1.165, 1.54) is 7.11 Å². The lowest BCUT2D eigenvalue weighted by molar-refractivity contribution is -0.143. The second kappa shape index (κ2) is 5.80. The molecule has 0 spiro atoms. The zero-order valence-electron chi connectivity index (χ0n) is 13.4.